The van der Waals surface area contributed by atoms with Crippen molar-refractivity contribution in [1.29, 1.82) is 0 Å². The number of nitrogens with one attached hydrogen (secondary N) is 1. The van der Waals surface area contributed by atoms with Crippen molar-refractivity contribution in [2.24, 2.45) is 0 Å². The van der Waals surface area contributed by atoms with E-state index in [2.05, 4.69) is 36.5 Å². The first kappa shape index (κ1) is 16.8. The Balaban J connectivity index is 1.62. The summed E-state index contributed by atoms with van der Waals surface area (Å²) in [6, 6.07) is 15.2. The summed E-state index contributed by atoms with van der Waals surface area (Å²) in [6.45, 7) is 3.55. The molecule has 128 valence electrons. The maximum Gasteiger partial charge on any atom is 0.161 e. The Labute approximate surface area is 145 Å². The second-order valence-corrected chi connectivity index (χ2v) is 6.56. The molecule has 0 heterocycles. The van der Waals surface area contributed by atoms with Crippen LogP contribution in [0.1, 0.15) is 42.4 Å². The Kier molecular flexibility index (Phi) is 5.76. The lowest BCUT2D eigenvalue weighted by Crippen LogP contribution is -2.25. The molecule has 0 atom stereocenters. The number of hydrogen-bond donors (Lipinski definition) is 1. The van der Waals surface area contributed by atoms with Gasteiger partial charge in [0.1, 0.15) is 6.61 Å². The van der Waals surface area contributed by atoms with Crippen LogP contribution in [0.5, 0.6) is 11.5 Å². The molecule has 1 fully saturated rings. The van der Waals surface area contributed by atoms with Crippen molar-refractivity contribution in [2.45, 2.75) is 51.8 Å². The molecule has 0 bridgehead atoms. The molecular formula is C21H27NO2. The maximum absolute atomic E-state index is 5.98. The van der Waals surface area contributed by atoms with Crippen LogP contribution in [0, 0.1) is 6.92 Å². The minimum absolute atomic E-state index is 0.558. The third-order valence-electron chi connectivity index (χ3n) is 4.82. The highest BCUT2D eigenvalue weighted by Crippen LogP contribution is 2.29. The van der Waals surface area contributed by atoms with Gasteiger partial charge in [-0.1, -0.05) is 43.2 Å². The molecule has 0 aromatic heterocycles. The lowest BCUT2D eigenvalue weighted by atomic mass is 10.1. The van der Waals surface area contributed by atoms with Gasteiger partial charge in [0.05, 0.1) is 7.11 Å². The summed E-state index contributed by atoms with van der Waals surface area (Å²) in [4.78, 5) is 0. The molecule has 1 aliphatic rings. The zero-order chi connectivity index (χ0) is 16.8. The summed E-state index contributed by atoms with van der Waals surface area (Å²) in [6.07, 6.45) is 5.31. The van der Waals surface area contributed by atoms with Crippen molar-refractivity contribution in [3.8, 4) is 11.5 Å². The number of ether oxygens (including phenoxy) is 2. The van der Waals surface area contributed by atoms with E-state index in [4.69, 9.17) is 9.47 Å². The average molecular weight is 325 g/mol. The molecular weight excluding hydrogens is 298 g/mol. The Bertz CT molecular complexity index is 663. The third kappa shape index (κ3) is 4.30. The van der Waals surface area contributed by atoms with Gasteiger partial charge in [-0.25, -0.2) is 0 Å². The van der Waals surface area contributed by atoms with Gasteiger partial charge >= 0.3 is 0 Å². The number of hydrogen-bond acceptors (Lipinski definition) is 3. The molecule has 1 N–H and O–H groups in total. The first-order valence-electron chi connectivity index (χ1n) is 8.84. The summed E-state index contributed by atoms with van der Waals surface area (Å²) in [7, 11) is 1.70. The Morgan fingerprint density at radius 1 is 1.04 bits per heavy atom. The van der Waals surface area contributed by atoms with Crippen LogP contribution in [0.15, 0.2) is 42.5 Å². The molecule has 3 heteroatoms. The molecule has 0 unspecified atom stereocenters. The van der Waals surface area contributed by atoms with E-state index < -0.39 is 0 Å². The van der Waals surface area contributed by atoms with Crippen LogP contribution in [0.2, 0.25) is 0 Å². The van der Waals surface area contributed by atoms with Crippen LogP contribution in [0.3, 0.4) is 0 Å². The fraction of sp³-hybridized carbons (Fsp3) is 0.429. The van der Waals surface area contributed by atoms with Crippen LogP contribution in [-0.2, 0) is 13.2 Å². The van der Waals surface area contributed by atoms with Gasteiger partial charge in [-0.15, -0.1) is 0 Å². The standard InChI is InChI=1S/C21H27NO2/c1-16-7-3-4-8-18(16)15-24-20-12-11-17(13-21(20)23-2)14-22-19-9-5-6-10-19/h3-4,7-8,11-13,19,22H,5-6,9-10,14-15H2,1-2H3. The molecule has 1 aliphatic carbocycles. The predicted octanol–water partition coefficient (Wildman–Crippen LogP) is 4.61. The largest absolute Gasteiger partial charge is 0.493 e. The van der Waals surface area contributed by atoms with Crippen LogP contribution in [-0.4, -0.2) is 13.2 Å². The van der Waals surface area contributed by atoms with Gasteiger partial charge in [-0.3, -0.25) is 0 Å². The van der Waals surface area contributed by atoms with Gasteiger partial charge in [0, 0.05) is 12.6 Å². The number of methoxy groups -OCH3 is 1. The van der Waals surface area contributed by atoms with Crippen LogP contribution in [0.25, 0.3) is 0 Å². The average Bonchev–Trinajstić information content (AvgIpc) is 3.13. The third-order valence-corrected chi connectivity index (χ3v) is 4.82. The Hall–Kier alpha value is -2.00. The van der Waals surface area contributed by atoms with Gasteiger partial charge in [-0.05, 0) is 48.6 Å². The fourth-order valence-corrected chi connectivity index (χ4v) is 3.26. The van der Waals surface area contributed by atoms with Crippen molar-refractivity contribution in [1.82, 2.24) is 5.32 Å². The van der Waals surface area contributed by atoms with Gasteiger partial charge in [0.2, 0.25) is 0 Å². The first-order chi connectivity index (χ1) is 11.8. The van der Waals surface area contributed by atoms with E-state index in [0.717, 1.165) is 18.0 Å². The zero-order valence-corrected chi connectivity index (χ0v) is 14.7. The van der Waals surface area contributed by atoms with Crippen molar-refractivity contribution >= 4 is 0 Å². The van der Waals surface area contributed by atoms with Gasteiger partial charge in [0.15, 0.2) is 11.5 Å². The number of rotatable bonds is 7. The van der Waals surface area contributed by atoms with E-state index in [1.165, 1.54) is 42.4 Å². The summed E-state index contributed by atoms with van der Waals surface area (Å²) < 4.78 is 11.5. The normalized spacial score (nSPS) is 14.8. The van der Waals surface area contributed by atoms with Crippen LogP contribution < -0.4 is 14.8 Å². The van der Waals surface area contributed by atoms with Crippen LogP contribution in [0.4, 0.5) is 0 Å². The molecule has 0 spiro atoms. The van der Waals surface area contributed by atoms with Crippen molar-refractivity contribution in [3.05, 3.63) is 59.2 Å². The highest BCUT2D eigenvalue weighted by molar-refractivity contribution is 5.43. The van der Waals surface area contributed by atoms with E-state index in [-0.39, 0.29) is 0 Å². The van der Waals surface area contributed by atoms with E-state index >= 15 is 0 Å². The monoisotopic (exact) mass is 325 g/mol. The summed E-state index contributed by atoms with van der Waals surface area (Å²) >= 11 is 0. The highest BCUT2D eigenvalue weighted by atomic mass is 16.5. The highest BCUT2D eigenvalue weighted by Gasteiger charge is 2.14. The van der Waals surface area contributed by atoms with Crippen molar-refractivity contribution in [3.63, 3.8) is 0 Å². The Morgan fingerprint density at radius 2 is 1.83 bits per heavy atom. The molecule has 0 saturated heterocycles. The quantitative estimate of drug-likeness (QED) is 0.806. The molecule has 3 rings (SSSR count). The molecule has 2 aromatic carbocycles. The first-order valence-corrected chi connectivity index (χ1v) is 8.84. The number of aryl methyl sites for hydroxylation is 1. The van der Waals surface area contributed by atoms with E-state index in [0.29, 0.717) is 12.6 Å². The topological polar surface area (TPSA) is 30.5 Å². The SMILES string of the molecule is COc1cc(CNC2CCCC2)ccc1OCc1ccccc1C. The second-order valence-electron chi connectivity index (χ2n) is 6.56. The minimum atomic E-state index is 0.558. The van der Waals surface area contributed by atoms with Gasteiger partial charge < -0.3 is 14.8 Å². The van der Waals surface area contributed by atoms with E-state index in [1.807, 2.05) is 18.2 Å². The van der Waals surface area contributed by atoms with Crippen LogP contribution >= 0.6 is 0 Å². The summed E-state index contributed by atoms with van der Waals surface area (Å²) in [5.41, 5.74) is 3.68. The van der Waals surface area contributed by atoms with Crippen molar-refractivity contribution < 1.29 is 9.47 Å². The van der Waals surface area contributed by atoms with E-state index in [9.17, 15) is 0 Å². The van der Waals surface area contributed by atoms with Crippen molar-refractivity contribution in [2.75, 3.05) is 7.11 Å². The zero-order valence-electron chi connectivity index (χ0n) is 14.7. The smallest absolute Gasteiger partial charge is 0.161 e. The molecule has 24 heavy (non-hydrogen) atoms. The predicted molar refractivity (Wildman–Crippen MR) is 97.6 cm³/mol. The summed E-state index contributed by atoms with van der Waals surface area (Å²) in [5.74, 6) is 1.60. The Morgan fingerprint density at radius 3 is 2.58 bits per heavy atom. The maximum atomic E-state index is 5.98. The van der Waals surface area contributed by atoms with Gasteiger partial charge in [-0.2, -0.15) is 0 Å². The van der Waals surface area contributed by atoms with Gasteiger partial charge in [0.25, 0.3) is 0 Å². The molecule has 0 radical (unpaired) electrons. The van der Waals surface area contributed by atoms with E-state index in [1.54, 1.807) is 7.11 Å². The fourth-order valence-electron chi connectivity index (χ4n) is 3.26. The molecule has 0 amide bonds. The molecule has 2 aromatic rings. The molecule has 1 saturated carbocycles. The lowest BCUT2D eigenvalue weighted by molar-refractivity contribution is 0.283. The molecule has 0 aliphatic heterocycles. The minimum Gasteiger partial charge on any atom is -0.493 e. The number of benzene rings is 2. The molecule has 3 nitrogen and oxygen atoms in total. The second kappa shape index (κ2) is 8.20. The summed E-state index contributed by atoms with van der Waals surface area (Å²) in [5, 5.41) is 3.64. The lowest BCUT2D eigenvalue weighted by Gasteiger charge is -2.15.